The molecule has 4 rings (SSSR count). The molecule has 25 heavy (non-hydrogen) atoms. The molecule has 0 bridgehead atoms. The van der Waals surface area contributed by atoms with Crippen molar-refractivity contribution in [3.8, 4) is 5.75 Å². The zero-order valence-corrected chi connectivity index (χ0v) is 13.3. The summed E-state index contributed by atoms with van der Waals surface area (Å²) in [4.78, 5) is 19.2. The minimum absolute atomic E-state index is 0.298. The van der Waals surface area contributed by atoms with Crippen molar-refractivity contribution < 1.29 is 19.1 Å². The van der Waals surface area contributed by atoms with Crippen LogP contribution in [0, 0.1) is 0 Å². The Morgan fingerprint density at radius 3 is 2.56 bits per heavy atom. The molecular formula is C19H16N2O4. The smallest absolute Gasteiger partial charge is 0.419 e. The molecule has 2 aromatic rings. The van der Waals surface area contributed by atoms with Crippen LogP contribution in [0.15, 0.2) is 78.1 Å². The van der Waals surface area contributed by atoms with E-state index in [0.29, 0.717) is 18.2 Å². The predicted octanol–water partition coefficient (Wildman–Crippen LogP) is 3.16. The molecule has 0 spiro atoms. The number of carbonyl (C=O) groups excluding carboxylic acids is 1. The zero-order valence-electron chi connectivity index (χ0n) is 13.3. The lowest BCUT2D eigenvalue weighted by atomic mass is 10.1. The van der Waals surface area contributed by atoms with Crippen molar-refractivity contribution in [3.05, 3.63) is 78.5 Å². The monoisotopic (exact) mass is 336 g/mol. The van der Waals surface area contributed by atoms with Gasteiger partial charge in [0, 0.05) is 11.8 Å². The van der Waals surface area contributed by atoms with Crippen LogP contribution >= 0.6 is 0 Å². The molecule has 0 radical (unpaired) electrons. The maximum absolute atomic E-state index is 12.2. The van der Waals surface area contributed by atoms with Crippen LogP contribution in [0.1, 0.15) is 5.56 Å². The number of amides is 1. The Labute approximate surface area is 144 Å². The number of carbonyl (C=O) groups is 1. The Kier molecular flexibility index (Phi) is 4.08. The van der Waals surface area contributed by atoms with Crippen molar-refractivity contribution in [1.29, 1.82) is 0 Å². The largest absolute Gasteiger partial charge is 0.463 e. The van der Waals surface area contributed by atoms with Gasteiger partial charge in [-0.1, -0.05) is 36.4 Å². The average Bonchev–Trinajstić information content (AvgIpc) is 2.68. The van der Waals surface area contributed by atoms with Gasteiger partial charge in [0.2, 0.25) is 0 Å². The fraction of sp³-hybridized carbons (Fsp3) is 0.158. The highest BCUT2D eigenvalue weighted by Gasteiger charge is 2.35. The molecule has 0 fully saturated rings. The van der Waals surface area contributed by atoms with Crippen LogP contribution in [0.2, 0.25) is 0 Å². The fourth-order valence-electron chi connectivity index (χ4n) is 2.63. The second-order valence-electron chi connectivity index (χ2n) is 5.66. The maximum Gasteiger partial charge on any atom is 0.419 e. The molecule has 0 N–H and O–H groups in total. The van der Waals surface area contributed by atoms with Gasteiger partial charge in [-0.3, -0.25) is 4.90 Å². The molecule has 2 aliphatic rings. The van der Waals surface area contributed by atoms with E-state index in [1.165, 1.54) is 4.90 Å². The standard InChI is InChI=1S/C19H16N2O4/c22-19(23-15-9-5-2-6-10-15)21-12-11-16-17(13-21)25-20-18(24-16)14-7-3-1-4-8-14/h1-12,16-17H,13H2/t16?,17-/m0/s1. The number of para-hydroxylation sites is 1. The van der Waals surface area contributed by atoms with Crippen LogP contribution < -0.4 is 4.74 Å². The summed E-state index contributed by atoms with van der Waals surface area (Å²) in [6, 6.07) is 18.5. The molecule has 0 saturated carbocycles. The molecular weight excluding hydrogens is 320 g/mol. The van der Waals surface area contributed by atoms with Crippen LogP contribution in [0.3, 0.4) is 0 Å². The van der Waals surface area contributed by atoms with Crippen molar-refractivity contribution in [1.82, 2.24) is 4.90 Å². The van der Waals surface area contributed by atoms with E-state index in [2.05, 4.69) is 5.16 Å². The molecule has 6 nitrogen and oxygen atoms in total. The number of oxime groups is 1. The van der Waals surface area contributed by atoms with E-state index in [1.54, 1.807) is 24.4 Å². The molecule has 1 amide bonds. The first-order valence-corrected chi connectivity index (χ1v) is 7.97. The number of nitrogens with zero attached hydrogens (tertiary/aromatic N) is 2. The van der Waals surface area contributed by atoms with Crippen molar-refractivity contribution >= 4 is 12.0 Å². The third-order valence-corrected chi connectivity index (χ3v) is 3.92. The lowest BCUT2D eigenvalue weighted by Gasteiger charge is -2.34. The van der Waals surface area contributed by atoms with Gasteiger partial charge in [0.15, 0.2) is 12.2 Å². The van der Waals surface area contributed by atoms with Crippen molar-refractivity contribution in [2.75, 3.05) is 6.54 Å². The summed E-state index contributed by atoms with van der Waals surface area (Å²) in [7, 11) is 0. The summed E-state index contributed by atoms with van der Waals surface area (Å²) in [5.41, 5.74) is 0.847. The summed E-state index contributed by atoms with van der Waals surface area (Å²) in [6.45, 7) is 0.304. The van der Waals surface area contributed by atoms with E-state index in [9.17, 15) is 4.79 Å². The van der Waals surface area contributed by atoms with Crippen LogP contribution in [-0.4, -0.2) is 35.6 Å². The Morgan fingerprint density at radius 1 is 1.08 bits per heavy atom. The first-order valence-electron chi connectivity index (χ1n) is 7.97. The number of hydrogen-bond acceptors (Lipinski definition) is 5. The van der Waals surface area contributed by atoms with E-state index in [-0.39, 0.29) is 12.2 Å². The summed E-state index contributed by atoms with van der Waals surface area (Å²) >= 11 is 0. The minimum atomic E-state index is -0.470. The van der Waals surface area contributed by atoms with E-state index in [4.69, 9.17) is 14.3 Å². The SMILES string of the molecule is O=C(Oc1ccccc1)N1C=CC2OC(c3ccccc3)=NO[C@H]2C1. The Bertz CT molecular complexity index is 805. The van der Waals surface area contributed by atoms with Crippen LogP contribution in [0.25, 0.3) is 0 Å². The van der Waals surface area contributed by atoms with Gasteiger partial charge in [0.1, 0.15) is 5.75 Å². The highest BCUT2D eigenvalue weighted by Crippen LogP contribution is 2.22. The lowest BCUT2D eigenvalue weighted by Crippen LogP contribution is -2.48. The number of rotatable bonds is 2. The van der Waals surface area contributed by atoms with Crippen molar-refractivity contribution in [3.63, 3.8) is 0 Å². The average molecular weight is 336 g/mol. The Morgan fingerprint density at radius 2 is 1.80 bits per heavy atom. The van der Waals surface area contributed by atoms with E-state index < -0.39 is 6.09 Å². The third kappa shape index (κ3) is 3.33. The summed E-state index contributed by atoms with van der Waals surface area (Å²) < 4.78 is 11.2. The molecule has 0 aromatic heterocycles. The van der Waals surface area contributed by atoms with E-state index in [0.717, 1.165) is 5.56 Å². The highest BCUT2D eigenvalue weighted by atomic mass is 16.7. The number of ether oxygens (including phenoxy) is 2. The minimum Gasteiger partial charge on any atom is -0.463 e. The third-order valence-electron chi connectivity index (χ3n) is 3.92. The molecule has 0 aliphatic carbocycles. The number of hydrogen-bond donors (Lipinski definition) is 0. The first kappa shape index (κ1) is 15.3. The summed E-state index contributed by atoms with van der Waals surface area (Å²) in [5, 5.41) is 4.04. The number of fused-ring (bicyclic) bond motifs is 1. The van der Waals surface area contributed by atoms with Crippen LogP contribution in [-0.2, 0) is 9.57 Å². The molecule has 6 heteroatoms. The van der Waals surface area contributed by atoms with Crippen LogP contribution in [0.5, 0.6) is 5.75 Å². The zero-order chi connectivity index (χ0) is 17.1. The molecule has 1 unspecified atom stereocenters. The molecule has 2 atom stereocenters. The first-order chi connectivity index (χ1) is 12.3. The van der Waals surface area contributed by atoms with E-state index in [1.807, 2.05) is 48.5 Å². The van der Waals surface area contributed by atoms with Crippen molar-refractivity contribution in [2.45, 2.75) is 12.2 Å². The highest BCUT2D eigenvalue weighted by molar-refractivity contribution is 5.94. The van der Waals surface area contributed by atoms with Gasteiger partial charge in [0.05, 0.1) is 6.54 Å². The maximum atomic E-state index is 12.2. The van der Waals surface area contributed by atoms with Crippen molar-refractivity contribution in [2.24, 2.45) is 5.16 Å². The topological polar surface area (TPSA) is 60.4 Å². The molecule has 2 aliphatic heterocycles. The summed E-state index contributed by atoms with van der Waals surface area (Å²) in [6.07, 6.45) is 2.29. The molecule has 126 valence electrons. The molecule has 2 heterocycles. The van der Waals surface area contributed by atoms with E-state index >= 15 is 0 Å². The Hall–Kier alpha value is -3.28. The number of benzene rings is 2. The van der Waals surface area contributed by atoms with Gasteiger partial charge in [-0.15, -0.1) is 0 Å². The second kappa shape index (κ2) is 6.68. The summed E-state index contributed by atoms with van der Waals surface area (Å²) in [5.74, 6) is 0.931. The van der Waals surface area contributed by atoms with Gasteiger partial charge >= 0.3 is 6.09 Å². The van der Waals surface area contributed by atoms with Gasteiger partial charge in [-0.2, -0.15) is 0 Å². The second-order valence-corrected chi connectivity index (χ2v) is 5.66. The van der Waals surface area contributed by atoms with Gasteiger partial charge in [-0.05, 0) is 35.5 Å². The normalized spacial score (nSPS) is 21.4. The lowest BCUT2D eigenvalue weighted by molar-refractivity contribution is -0.0548. The molecule has 0 saturated heterocycles. The Balaban J connectivity index is 1.42. The van der Waals surface area contributed by atoms with Gasteiger partial charge in [-0.25, -0.2) is 4.79 Å². The molecule has 2 aromatic carbocycles. The fourth-order valence-corrected chi connectivity index (χ4v) is 2.63. The van der Waals surface area contributed by atoms with Crippen LogP contribution in [0.4, 0.5) is 4.79 Å². The predicted molar refractivity (Wildman–Crippen MR) is 91.0 cm³/mol. The quantitative estimate of drug-likeness (QED) is 0.845. The van der Waals surface area contributed by atoms with Gasteiger partial charge < -0.3 is 14.3 Å². The van der Waals surface area contributed by atoms with Gasteiger partial charge in [0.25, 0.3) is 5.90 Å².